The van der Waals surface area contributed by atoms with Crippen molar-refractivity contribution >= 4 is 11.7 Å². The van der Waals surface area contributed by atoms with Crippen molar-refractivity contribution < 1.29 is 4.79 Å². The molecular formula is C11H20N4O. The monoisotopic (exact) mass is 224 g/mol. The number of nitrogens with zero attached hydrogens (tertiary/aromatic N) is 2. The summed E-state index contributed by atoms with van der Waals surface area (Å²) in [4.78, 5) is 11.5. The molecule has 5 nitrogen and oxygen atoms in total. The second kappa shape index (κ2) is 6.15. The fraction of sp³-hybridized carbons (Fsp3) is 0.636. The van der Waals surface area contributed by atoms with E-state index in [-0.39, 0.29) is 12.5 Å². The Morgan fingerprint density at radius 2 is 2.25 bits per heavy atom. The van der Waals surface area contributed by atoms with E-state index in [1.807, 2.05) is 0 Å². The Labute approximate surface area is 96.0 Å². The number of amides is 1. The van der Waals surface area contributed by atoms with Gasteiger partial charge in [0.05, 0.1) is 0 Å². The molecule has 1 aromatic rings. The number of nitrogens with one attached hydrogen (secondary N) is 1. The van der Waals surface area contributed by atoms with Crippen LogP contribution >= 0.6 is 0 Å². The van der Waals surface area contributed by atoms with E-state index in [1.54, 1.807) is 12.3 Å². The van der Waals surface area contributed by atoms with Gasteiger partial charge >= 0.3 is 0 Å². The van der Waals surface area contributed by atoms with Crippen molar-refractivity contribution in [3.63, 3.8) is 0 Å². The molecule has 0 spiro atoms. The fourth-order valence-corrected chi connectivity index (χ4v) is 1.50. The molecule has 0 fully saturated rings. The SMILES string of the molecule is CCC(CC)CNC(=O)Cn1ccc(N)n1. The van der Waals surface area contributed by atoms with Crippen LogP contribution in [-0.2, 0) is 11.3 Å². The minimum absolute atomic E-state index is 0.0185. The first-order valence-electron chi connectivity index (χ1n) is 5.71. The van der Waals surface area contributed by atoms with Gasteiger partial charge in [-0.3, -0.25) is 9.48 Å². The number of hydrogen-bond acceptors (Lipinski definition) is 3. The highest BCUT2D eigenvalue weighted by molar-refractivity contribution is 5.75. The maximum absolute atomic E-state index is 11.5. The van der Waals surface area contributed by atoms with Crippen LogP contribution in [-0.4, -0.2) is 22.2 Å². The second-order valence-corrected chi connectivity index (χ2v) is 3.92. The molecule has 0 saturated carbocycles. The van der Waals surface area contributed by atoms with Crippen LogP contribution in [0.4, 0.5) is 5.82 Å². The molecule has 0 aliphatic heterocycles. The smallest absolute Gasteiger partial charge is 0.241 e. The average Bonchev–Trinajstić information content (AvgIpc) is 2.65. The molecule has 0 unspecified atom stereocenters. The zero-order valence-corrected chi connectivity index (χ0v) is 9.94. The second-order valence-electron chi connectivity index (χ2n) is 3.92. The third kappa shape index (κ3) is 3.92. The van der Waals surface area contributed by atoms with Gasteiger partial charge in [0.1, 0.15) is 12.4 Å². The molecule has 1 heterocycles. The first kappa shape index (κ1) is 12.5. The highest BCUT2D eigenvalue weighted by atomic mass is 16.2. The molecule has 1 amide bonds. The Kier molecular flexibility index (Phi) is 4.82. The molecule has 16 heavy (non-hydrogen) atoms. The summed E-state index contributed by atoms with van der Waals surface area (Å²) in [6, 6.07) is 1.67. The number of anilines is 1. The van der Waals surface area contributed by atoms with Gasteiger partial charge < -0.3 is 11.1 Å². The van der Waals surface area contributed by atoms with Gasteiger partial charge in [-0.15, -0.1) is 0 Å². The Morgan fingerprint density at radius 3 is 2.75 bits per heavy atom. The number of nitrogen functional groups attached to an aromatic ring is 1. The molecule has 90 valence electrons. The maximum Gasteiger partial charge on any atom is 0.241 e. The van der Waals surface area contributed by atoms with Crippen molar-refractivity contribution in [3.05, 3.63) is 12.3 Å². The number of rotatable bonds is 6. The number of nitrogens with two attached hydrogens (primary N) is 1. The lowest BCUT2D eigenvalue weighted by Gasteiger charge is -2.13. The number of carbonyl (C=O) groups is 1. The minimum Gasteiger partial charge on any atom is -0.382 e. The summed E-state index contributed by atoms with van der Waals surface area (Å²) in [6.07, 6.45) is 3.88. The molecule has 0 aliphatic rings. The minimum atomic E-state index is -0.0185. The van der Waals surface area contributed by atoms with Crippen LogP contribution in [0.1, 0.15) is 26.7 Å². The summed E-state index contributed by atoms with van der Waals surface area (Å²) >= 11 is 0. The highest BCUT2D eigenvalue weighted by Crippen LogP contribution is 2.05. The van der Waals surface area contributed by atoms with E-state index in [0.717, 1.165) is 19.4 Å². The molecule has 1 rings (SSSR count). The summed E-state index contributed by atoms with van der Waals surface area (Å²) < 4.78 is 1.54. The standard InChI is InChI=1S/C11H20N4O/c1-3-9(4-2)7-13-11(16)8-15-6-5-10(12)14-15/h5-6,9H,3-4,7-8H2,1-2H3,(H2,12,14)(H,13,16). The van der Waals surface area contributed by atoms with Crippen molar-refractivity contribution in [2.24, 2.45) is 5.92 Å². The highest BCUT2D eigenvalue weighted by Gasteiger charge is 2.07. The van der Waals surface area contributed by atoms with Crippen molar-refractivity contribution in [1.82, 2.24) is 15.1 Å². The van der Waals surface area contributed by atoms with Crippen molar-refractivity contribution in [1.29, 1.82) is 0 Å². The topological polar surface area (TPSA) is 72.9 Å². The molecule has 5 heteroatoms. The summed E-state index contributed by atoms with van der Waals surface area (Å²) in [7, 11) is 0. The van der Waals surface area contributed by atoms with Crippen LogP contribution in [0.3, 0.4) is 0 Å². The summed E-state index contributed by atoms with van der Waals surface area (Å²) in [5, 5.41) is 6.85. The largest absolute Gasteiger partial charge is 0.382 e. The molecule has 0 bridgehead atoms. The van der Waals surface area contributed by atoms with Crippen LogP contribution in [0, 0.1) is 5.92 Å². The molecule has 0 radical (unpaired) electrons. The molecule has 0 saturated heterocycles. The summed E-state index contributed by atoms with van der Waals surface area (Å²) in [6.45, 7) is 5.24. The van der Waals surface area contributed by atoms with E-state index < -0.39 is 0 Å². The van der Waals surface area contributed by atoms with Crippen molar-refractivity contribution in [3.8, 4) is 0 Å². The van der Waals surface area contributed by atoms with Crippen LogP contribution in [0.5, 0.6) is 0 Å². The van der Waals surface area contributed by atoms with Gasteiger partial charge in [0.25, 0.3) is 0 Å². The Balaban J connectivity index is 2.31. The van der Waals surface area contributed by atoms with E-state index in [0.29, 0.717) is 11.7 Å². The summed E-state index contributed by atoms with van der Waals surface area (Å²) in [5.41, 5.74) is 5.46. The summed E-state index contributed by atoms with van der Waals surface area (Å²) in [5.74, 6) is 0.981. The lowest BCUT2D eigenvalue weighted by molar-refractivity contribution is -0.122. The molecule has 0 atom stereocenters. The van der Waals surface area contributed by atoms with Gasteiger partial charge in [-0.05, 0) is 12.0 Å². The van der Waals surface area contributed by atoms with E-state index in [9.17, 15) is 4.79 Å². The van der Waals surface area contributed by atoms with Gasteiger partial charge in [-0.2, -0.15) is 5.10 Å². The quantitative estimate of drug-likeness (QED) is 0.757. The molecule has 1 aromatic heterocycles. The normalized spacial score (nSPS) is 10.7. The van der Waals surface area contributed by atoms with E-state index in [4.69, 9.17) is 5.73 Å². The fourth-order valence-electron chi connectivity index (χ4n) is 1.50. The molecular weight excluding hydrogens is 204 g/mol. The zero-order valence-electron chi connectivity index (χ0n) is 9.94. The Morgan fingerprint density at radius 1 is 1.56 bits per heavy atom. The predicted octanol–water partition coefficient (Wildman–Crippen LogP) is 1.02. The Bertz CT molecular complexity index is 330. The molecule has 0 aliphatic carbocycles. The number of aromatic nitrogens is 2. The van der Waals surface area contributed by atoms with Gasteiger partial charge in [0.15, 0.2) is 0 Å². The lowest BCUT2D eigenvalue weighted by Crippen LogP contribution is -2.32. The third-order valence-corrected chi connectivity index (χ3v) is 2.71. The average molecular weight is 224 g/mol. The molecule has 3 N–H and O–H groups in total. The van der Waals surface area contributed by atoms with Crippen LogP contribution in [0.15, 0.2) is 12.3 Å². The third-order valence-electron chi connectivity index (χ3n) is 2.71. The van der Waals surface area contributed by atoms with Crippen LogP contribution in [0.2, 0.25) is 0 Å². The van der Waals surface area contributed by atoms with E-state index in [1.165, 1.54) is 4.68 Å². The number of carbonyl (C=O) groups excluding carboxylic acids is 1. The first-order chi connectivity index (χ1) is 7.65. The van der Waals surface area contributed by atoms with Gasteiger partial charge in [0, 0.05) is 12.7 Å². The van der Waals surface area contributed by atoms with E-state index >= 15 is 0 Å². The van der Waals surface area contributed by atoms with Gasteiger partial charge in [-0.1, -0.05) is 26.7 Å². The first-order valence-corrected chi connectivity index (χ1v) is 5.71. The Hall–Kier alpha value is -1.52. The zero-order chi connectivity index (χ0) is 12.0. The van der Waals surface area contributed by atoms with Gasteiger partial charge in [0.2, 0.25) is 5.91 Å². The van der Waals surface area contributed by atoms with Crippen LogP contribution in [0.25, 0.3) is 0 Å². The van der Waals surface area contributed by atoms with Crippen molar-refractivity contribution in [2.75, 3.05) is 12.3 Å². The molecule has 0 aromatic carbocycles. The number of hydrogen-bond donors (Lipinski definition) is 2. The van der Waals surface area contributed by atoms with Crippen LogP contribution < -0.4 is 11.1 Å². The maximum atomic E-state index is 11.5. The van der Waals surface area contributed by atoms with Crippen molar-refractivity contribution in [2.45, 2.75) is 33.2 Å². The lowest BCUT2D eigenvalue weighted by atomic mass is 10.0. The predicted molar refractivity (Wildman–Crippen MR) is 63.7 cm³/mol. The van der Waals surface area contributed by atoms with E-state index in [2.05, 4.69) is 24.3 Å². The van der Waals surface area contributed by atoms with Gasteiger partial charge in [-0.25, -0.2) is 0 Å².